The van der Waals surface area contributed by atoms with Gasteiger partial charge in [0, 0.05) is 24.5 Å². The number of rotatable bonds is 4. The number of anilines is 1. The van der Waals surface area contributed by atoms with Gasteiger partial charge in [0.15, 0.2) is 0 Å². The molecule has 0 unspecified atom stereocenters. The first-order valence-corrected chi connectivity index (χ1v) is 6.27. The molecule has 0 bridgehead atoms. The van der Waals surface area contributed by atoms with Gasteiger partial charge in [-0.15, -0.1) is 0 Å². The minimum absolute atomic E-state index is 0.0698. The van der Waals surface area contributed by atoms with E-state index < -0.39 is 5.97 Å². The van der Waals surface area contributed by atoms with E-state index in [1.807, 2.05) is 6.92 Å². The van der Waals surface area contributed by atoms with Crippen LogP contribution in [0.25, 0.3) is 5.69 Å². The van der Waals surface area contributed by atoms with Crippen LogP contribution in [-0.2, 0) is 6.42 Å². The highest BCUT2D eigenvalue weighted by molar-refractivity contribution is 6.33. The number of hydrogen-bond donors (Lipinski definition) is 2. The summed E-state index contributed by atoms with van der Waals surface area (Å²) in [5.74, 6) is -0.294. The maximum Gasteiger partial charge on any atom is 0.337 e. The molecule has 0 saturated heterocycles. The second-order valence-corrected chi connectivity index (χ2v) is 4.57. The number of carbonyl (C=O) groups is 1. The Hall–Kier alpha value is -2.01. The highest BCUT2D eigenvalue weighted by atomic mass is 35.5. The molecule has 19 heavy (non-hydrogen) atoms. The molecule has 2 aromatic rings. The normalized spacial score (nSPS) is 10.6. The molecule has 0 amide bonds. The van der Waals surface area contributed by atoms with Crippen LogP contribution >= 0.6 is 11.6 Å². The van der Waals surface area contributed by atoms with Crippen molar-refractivity contribution in [1.29, 1.82) is 0 Å². The number of carboxylic acids is 1. The fraction of sp³-hybridized carbons (Fsp3) is 0.231. The highest BCUT2D eigenvalue weighted by Gasteiger charge is 2.18. The summed E-state index contributed by atoms with van der Waals surface area (Å²) in [5, 5.41) is 9.59. The molecule has 1 aromatic heterocycles. The van der Waals surface area contributed by atoms with E-state index in [1.165, 1.54) is 6.07 Å². The molecule has 0 aliphatic rings. The standard InChI is InChI=1S/C13H14ClN3O2/c1-2-3-11-16-4-5-17(11)12-9(13(18)19)6-8(15)7-10(12)14/h4-7H,2-3,15H2,1H3,(H,18,19). The maximum absolute atomic E-state index is 11.3. The van der Waals surface area contributed by atoms with Crippen molar-refractivity contribution < 1.29 is 9.90 Å². The number of imidazole rings is 1. The number of nitrogen functional groups attached to an aromatic ring is 1. The molecular formula is C13H14ClN3O2. The molecule has 6 heteroatoms. The van der Waals surface area contributed by atoms with Gasteiger partial charge in [-0.3, -0.25) is 0 Å². The molecular weight excluding hydrogens is 266 g/mol. The minimum atomic E-state index is -1.07. The summed E-state index contributed by atoms with van der Waals surface area (Å²) in [6.07, 6.45) is 4.98. The Morgan fingerprint density at radius 2 is 2.26 bits per heavy atom. The van der Waals surface area contributed by atoms with Gasteiger partial charge in [-0.1, -0.05) is 18.5 Å². The zero-order valence-corrected chi connectivity index (χ0v) is 11.2. The number of hydrogen-bond acceptors (Lipinski definition) is 3. The van der Waals surface area contributed by atoms with Gasteiger partial charge < -0.3 is 15.4 Å². The van der Waals surface area contributed by atoms with Crippen molar-refractivity contribution in [3.05, 3.63) is 40.9 Å². The summed E-state index contributed by atoms with van der Waals surface area (Å²) >= 11 is 6.15. The Kier molecular flexibility index (Phi) is 3.76. The van der Waals surface area contributed by atoms with E-state index in [2.05, 4.69) is 4.98 Å². The second kappa shape index (κ2) is 5.32. The predicted molar refractivity (Wildman–Crippen MR) is 73.9 cm³/mol. The molecule has 1 heterocycles. The Labute approximate surface area is 115 Å². The van der Waals surface area contributed by atoms with Crippen LogP contribution in [0.4, 0.5) is 5.69 Å². The smallest absolute Gasteiger partial charge is 0.337 e. The van der Waals surface area contributed by atoms with Gasteiger partial charge in [0.05, 0.1) is 16.3 Å². The number of nitrogens with two attached hydrogens (primary N) is 1. The molecule has 0 spiro atoms. The Balaban J connectivity index is 2.67. The summed E-state index contributed by atoms with van der Waals surface area (Å²) in [4.78, 5) is 15.6. The number of benzene rings is 1. The number of nitrogens with zero attached hydrogens (tertiary/aromatic N) is 2. The van der Waals surface area contributed by atoms with Gasteiger partial charge in [-0.05, 0) is 18.6 Å². The molecule has 0 aliphatic carbocycles. The number of aromatic nitrogens is 2. The van der Waals surface area contributed by atoms with Gasteiger partial charge in [0.1, 0.15) is 5.82 Å². The average Bonchev–Trinajstić information content (AvgIpc) is 2.76. The molecule has 0 aliphatic heterocycles. The lowest BCUT2D eigenvalue weighted by Gasteiger charge is -2.13. The minimum Gasteiger partial charge on any atom is -0.478 e. The molecule has 1 aromatic carbocycles. The van der Waals surface area contributed by atoms with Crippen molar-refractivity contribution in [2.24, 2.45) is 0 Å². The van der Waals surface area contributed by atoms with Crippen molar-refractivity contribution in [3.8, 4) is 5.69 Å². The monoisotopic (exact) mass is 279 g/mol. The third-order valence-corrected chi connectivity index (χ3v) is 3.04. The van der Waals surface area contributed by atoms with Gasteiger partial charge in [-0.25, -0.2) is 9.78 Å². The lowest BCUT2D eigenvalue weighted by molar-refractivity contribution is 0.0697. The van der Waals surface area contributed by atoms with Crippen LogP contribution < -0.4 is 5.73 Å². The Morgan fingerprint density at radius 1 is 1.53 bits per heavy atom. The van der Waals surface area contributed by atoms with E-state index in [0.717, 1.165) is 18.7 Å². The fourth-order valence-electron chi connectivity index (χ4n) is 1.97. The molecule has 0 radical (unpaired) electrons. The van der Waals surface area contributed by atoms with E-state index in [4.69, 9.17) is 17.3 Å². The molecule has 3 N–H and O–H groups in total. The quantitative estimate of drug-likeness (QED) is 0.843. The Morgan fingerprint density at radius 3 is 2.89 bits per heavy atom. The van der Waals surface area contributed by atoms with E-state index in [9.17, 15) is 9.90 Å². The largest absolute Gasteiger partial charge is 0.478 e. The topological polar surface area (TPSA) is 81.1 Å². The molecule has 100 valence electrons. The molecule has 0 atom stereocenters. The van der Waals surface area contributed by atoms with Crippen LogP contribution in [0.2, 0.25) is 5.02 Å². The summed E-state index contributed by atoms with van der Waals surface area (Å²) < 4.78 is 1.70. The zero-order valence-electron chi connectivity index (χ0n) is 10.4. The maximum atomic E-state index is 11.3. The zero-order chi connectivity index (χ0) is 14.0. The van der Waals surface area contributed by atoms with Crippen molar-refractivity contribution in [3.63, 3.8) is 0 Å². The van der Waals surface area contributed by atoms with Gasteiger partial charge >= 0.3 is 5.97 Å². The van der Waals surface area contributed by atoms with E-state index >= 15 is 0 Å². The Bertz CT molecular complexity index is 622. The highest BCUT2D eigenvalue weighted by Crippen LogP contribution is 2.29. The molecule has 0 saturated carbocycles. The van der Waals surface area contributed by atoms with Crippen LogP contribution in [0, 0.1) is 0 Å². The summed E-state index contributed by atoms with van der Waals surface area (Å²) in [6.45, 7) is 2.03. The average molecular weight is 280 g/mol. The van der Waals surface area contributed by atoms with Crippen molar-refractivity contribution in [2.75, 3.05) is 5.73 Å². The van der Waals surface area contributed by atoms with Gasteiger partial charge in [0.2, 0.25) is 0 Å². The van der Waals surface area contributed by atoms with E-state index in [-0.39, 0.29) is 5.56 Å². The molecule has 0 fully saturated rings. The lowest BCUT2D eigenvalue weighted by Crippen LogP contribution is -2.09. The summed E-state index contributed by atoms with van der Waals surface area (Å²) in [5.41, 5.74) is 6.44. The van der Waals surface area contributed by atoms with E-state index in [0.29, 0.717) is 16.4 Å². The van der Waals surface area contributed by atoms with Crippen LogP contribution in [0.1, 0.15) is 29.5 Å². The van der Waals surface area contributed by atoms with Crippen LogP contribution in [0.3, 0.4) is 0 Å². The number of aryl methyl sites for hydroxylation is 1. The van der Waals surface area contributed by atoms with Gasteiger partial charge in [0.25, 0.3) is 0 Å². The first-order chi connectivity index (χ1) is 9.04. The third-order valence-electron chi connectivity index (χ3n) is 2.75. The molecule has 2 rings (SSSR count). The SMILES string of the molecule is CCCc1nccn1-c1c(Cl)cc(N)cc1C(=O)O. The van der Waals surface area contributed by atoms with Crippen molar-refractivity contribution in [2.45, 2.75) is 19.8 Å². The fourth-order valence-corrected chi connectivity index (χ4v) is 2.29. The van der Waals surface area contributed by atoms with E-state index in [1.54, 1.807) is 23.0 Å². The van der Waals surface area contributed by atoms with Crippen molar-refractivity contribution >= 4 is 23.3 Å². The second-order valence-electron chi connectivity index (χ2n) is 4.17. The third kappa shape index (κ3) is 2.56. The number of aromatic carboxylic acids is 1. The predicted octanol–water partition coefficient (Wildman–Crippen LogP) is 2.76. The lowest BCUT2D eigenvalue weighted by atomic mass is 10.1. The first-order valence-electron chi connectivity index (χ1n) is 5.89. The summed E-state index contributed by atoms with van der Waals surface area (Å²) in [7, 11) is 0. The van der Waals surface area contributed by atoms with Crippen LogP contribution in [0.15, 0.2) is 24.5 Å². The number of halogens is 1. The van der Waals surface area contributed by atoms with Crippen molar-refractivity contribution in [1.82, 2.24) is 9.55 Å². The van der Waals surface area contributed by atoms with Gasteiger partial charge in [-0.2, -0.15) is 0 Å². The summed E-state index contributed by atoms with van der Waals surface area (Å²) in [6, 6.07) is 2.94. The first kappa shape index (κ1) is 13.4. The van der Waals surface area contributed by atoms with Crippen LogP contribution in [-0.4, -0.2) is 20.6 Å². The molecule has 5 nitrogen and oxygen atoms in total. The van der Waals surface area contributed by atoms with Crippen LogP contribution in [0.5, 0.6) is 0 Å². The number of carboxylic acid groups (broad SMARTS) is 1.